The molecule has 0 radical (unpaired) electrons. The fraction of sp³-hybridized carbons (Fsp3) is 0.200. The Morgan fingerprint density at radius 2 is 1.86 bits per heavy atom. The summed E-state index contributed by atoms with van der Waals surface area (Å²) < 4.78 is 25.9. The van der Waals surface area contributed by atoms with Crippen LogP contribution in [0.1, 0.15) is 11.7 Å². The van der Waals surface area contributed by atoms with E-state index >= 15 is 0 Å². The summed E-state index contributed by atoms with van der Waals surface area (Å²) in [6, 6.07) is 5.59. The topological polar surface area (TPSA) is 20.2 Å². The van der Waals surface area contributed by atoms with Crippen molar-refractivity contribution < 1.29 is 13.9 Å². The Morgan fingerprint density at radius 3 is 2.29 bits per heavy atom. The van der Waals surface area contributed by atoms with E-state index in [0.717, 1.165) is 0 Å². The average Bonchev–Trinajstić information content (AvgIpc) is 2.18. The highest BCUT2D eigenvalue weighted by molar-refractivity contribution is 6.30. The molecule has 0 aliphatic heterocycles. The first-order valence-electron chi connectivity index (χ1n) is 3.92. The maximum atomic E-state index is 12.9. The smallest absolute Gasteiger partial charge is 0.295 e. The maximum absolute atomic E-state index is 12.9. The van der Waals surface area contributed by atoms with Crippen LogP contribution in [0.3, 0.4) is 0 Å². The van der Waals surface area contributed by atoms with Crippen molar-refractivity contribution in [2.75, 3.05) is 0 Å². The number of rotatable bonds is 3. The zero-order valence-corrected chi connectivity index (χ0v) is 8.01. The standard InChI is InChI=1S/C10H9ClF2O/c1-2-10(12,13)9(14)7-3-5-8(11)6-4-7/h2-6,9,14H,1H2. The van der Waals surface area contributed by atoms with Crippen molar-refractivity contribution in [1.29, 1.82) is 0 Å². The molecule has 1 atom stereocenters. The molecule has 14 heavy (non-hydrogen) atoms. The van der Waals surface area contributed by atoms with Crippen molar-refractivity contribution in [2.24, 2.45) is 0 Å². The van der Waals surface area contributed by atoms with Gasteiger partial charge in [0.05, 0.1) is 0 Å². The van der Waals surface area contributed by atoms with E-state index in [-0.39, 0.29) is 5.56 Å². The van der Waals surface area contributed by atoms with E-state index in [1.807, 2.05) is 0 Å². The van der Waals surface area contributed by atoms with E-state index in [9.17, 15) is 13.9 Å². The molecule has 0 saturated carbocycles. The van der Waals surface area contributed by atoms with Crippen LogP contribution in [0.5, 0.6) is 0 Å². The quantitative estimate of drug-likeness (QED) is 0.773. The molecule has 1 aromatic carbocycles. The second-order valence-corrected chi connectivity index (χ2v) is 3.27. The van der Waals surface area contributed by atoms with Gasteiger partial charge >= 0.3 is 0 Å². The van der Waals surface area contributed by atoms with Gasteiger partial charge in [0.15, 0.2) is 0 Å². The Labute approximate surface area is 85.6 Å². The van der Waals surface area contributed by atoms with Gasteiger partial charge in [-0.15, -0.1) is 0 Å². The van der Waals surface area contributed by atoms with E-state index in [1.165, 1.54) is 24.3 Å². The molecular formula is C10H9ClF2O. The number of benzene rings is 1. The fourth-order valence-electron chi connectivity index (χ4n) is 0.979. The van der Waals surface area contributed by atoms with Gasteiger partial charge in [0.25, 0.3) is 5.92 Å². The predicted octanol–water partition coefficient (Wildman–Crippen LogP) is 3.19. The molecule has 1 unspecified atom stereocenters. The van der Waals surface area contributed by atoms with Crippen molar-refractivity contribution in [3.05, 3.63) is 47.5 Å². The van der Waals surface area contributed by atoms with Gasteiger partial charge in [-0.05, 0) is 23.8 Å². The number of alkyl halides is 2. The van der Waals surface area contributed by atoms with Crippen molar-refractivity contribution in [2.45, 2.75) is 12.0 Å². The molecule has 1 N–H and O–H groups in total. The fourth-order valence-corrected chi connectivity index (χ4v) is 1.10. The predicted molar refractivity (Wildman–Crippen MR) is 51.6 cm³/mol. The molecule has 1 nitrogen and oxygen atoms in total. The number of halogens is 3. The second-order valence-electron chi connectivity index (χ2n) is 2.83. The Morgan fingerprint density at radius 1 is 1.36 bits per heavy atom. The SMILES string of the molecule is C=CC(F)(F)C(O)c1ccc(Cl)cc1. The zero-order valence-electron chi connectivity index (χ0n) is 7.25. The van der Waals surface area contributed by atoms with Crippen molar-refractivity contribution in [3.63, 3.8) is 0 Å². The van der Waals surface area contributed by atoms with Crippen LogP contribution in [0, 0.1) is 0 Å². The van der Waals surface area contributed by atoms with Gasteiger partial charge in [-0.25, -0.2) is 0 Å². The van der Waals surface area contributed by atoms with E-state index in [4.69, 9.17) is 11.6 Å². The van der Waals surface area contributed by atoms with Crippen molar-refractivity contribution in [3.8, 4) is 0 Å². The monoisotopic (exact) mass is 218 g/mol. The molecule has 0 spiro atoms. The van der Waals surface area contributed by atoms with Crippen LogP contribution in [0.25, 0.3) is 0 Å². The lowest BCUT2D eigenvalue weighted by molar-refractivity contribution is -0.0712. The molecular weight excluding hydrogens is 210 g/mol. The number of hydrogen-bond donors (Lipinski definition) is 1. The number of aliphatic hydroxyl groups excluding tert-OH is 1. The highest BCUT2D eigenvalue weighted by Gasteiger charge is 2.35. The Bertz CT molecular complexity index is 321. The number of hydrogen-bond acceptors (Lipinski definition) is 1. The van der Waals surface area contributed by atoms with Gasteiger partial charge < -0.3 is 5.11 Å². The Balaban J connectivity index is 2.95. The highest BCUT2D eigenvalue weighted by atomic mass is 35.5. The second kappa shape index (κ2) is 4.07. The molecule has 0 aromatic heterocycles. The summed E-state index contributed by atoms with van der Waals surface area (Å²) in [6.45, 7) is 2.96. The van der Waals surface area contributed by atoms with Crippen LogP contribution in [0.15, 0.2) is 36.9 Å². The van der Waals surface area contributed by atoms with Crippen LogP contribution in [0.2, 0.25) is 5.02 Å². The minimum Gasteiger partial charge on any atom is -0.382 e. The summed E-state index contributed by atoms with van der Waals surface area (Å²) in [6.07, 6.45) is -1.45. The van der Waals surface area contributed by atoms with Crippen LogP contribution in [-0.4, -0.2) is 11.0 Å². The lowest BCUT2D eigenvalue weighted by Crippen LogP contribution is -2.23. The van der Waals surface area contributed by atoms with Gasteiger partial charge in [-0.1, -0.05) is 30.3 Å². The lowest BCUT2D eigenvalue weighted by atomic mass is 10.0. The molecule has 0 saturated heterocycles. The first-order valence-corrected chi connectivity index (χ1v) is 4.30. The lowest BCUT2D eigenvalue weighted by Gasteiger charge is -2.18. The molecule has 0 amide bonds. The molecule has 76 valence electrons. The summed E-state index contributed by atoms with van der Waals surface area (Å²) in [5.74, 6) is -3.33. The Kier molecular flexibility index (Phi) is 3.24. The molecule has 4 heteroatoms. The summed E-state index contributed by atoms with van der Waals surface area (Å²) >= 11 is 5.58. The molecule has 0 aliphatic carbocycles. The normalized spacial score (nSPS) is 13.7. The first kappa shape index (κ1) is 11.1. The molecule has 1 rings (SSSR count). The molecule has 0 bridgehead atoms. The first-order chi connectivity index (χ1) is 6.47. The summed E-state index contributed by atoms with van der Waals surface area (Å²) in [7, 11) is 0. The zero-order chi connectivity index (χ0) is 10.8. The summed E-state index contributed by atoms with van der Waals surface area (Å²) in [5, 5.41) is 9.71. The van der Waals surface area contributed by atoms with Gasteiger partial charge in [0, 0.05) is 5.02 Å². The van der Waals surface area contributed by atoms with Gasteiger partial charge in [-0.2, -0.15) is 8.78 Å². The van der Waals surface area contributed by atoms with E-state index in [0.29, 0.717) is 11.1 Å². The largest absolute Gasteiger partial charge is 0.382 e. The third-order valence-electron chi connectivity index (χ3n) is 1.82. The summed E-state index contributed by atoms with van der Waals surface area (Å²) in [5.41, 5.74) is 0.110. The van der Waals surface area contributed by atoms with Crippen LogP contribution < -0.4 is 0 Å². The third-order valence-corrected chi connectivity index (χ3v) is 2.07. The van der Waals surface area contributed by atoms with Crippen LogP contribution in [-0.2, 0) is 0 Å². The summed E-state index contributed by atoms with van der Waals surface area (Å²) in [4.78, 5) is 0. The average molecular weight is 219 g/mol. The van der Waals surface area contributed by atoms with Crippen molar-refractivity contribution >= 4 is 11.6 Å². The molecule has 0 heterocycles. The third kappa shape index (κ3) is 2.30. The highest BCUT2D eigenvalue weighted by Crippen LogP contribution is 2.32. The molecule has 1 aromatic rings. The van der Waals surface area contributed by atoms with E-state index in [2.05, 4.69) is 6.58 Å². The van der Waals surface area contributed by atoms with Crippen LogP contribution in [0.4, 0.5) is 8.78 Å². The Hall–Kier alpha value is -0.930. The van der Waals surface area contributed by atoms with E-state index in [1.54, 1.807) is 0 Å². The number of aliphatic hydroxyl groups is 1. The molecule has 0 fully saturated rings. The molecule has 0 aliphatic rings. The van der Waals surface area contributed by atoms with Gasteiger partial charge in [-0.3, -0.25) is 0 Å². The van der Waals surface area contributed by atoms with Crippen LogP contribution >= 0.6 is 11.6 Å². The minimum atomic E-state index is -3.33. The van der Waals surface area contributed by atoms with Crippen molar-refractivity contribution in [1.82, 2.24) is 0 Å². The van der Waals surface area contributed by atoms with E-state index < -0.39 is 12.0 Å². The van der Waals surface area contributed by atoms with Gasteiger partial charge in [0.2, 0.25) is 0 Å². The maximum Gasteiger partial charge on any atom is 0.295 e. The minimum absolute atomic E-state index is 0.110. The van der Waals surface area contributed by atoms with Gasteiger partial charge in [0.1, 0.15) is 6.10 Å².